The summed E-state index contributed by atoms with van der Waals surface area (Å²) in [5, 5.41) is 11.9. The molecule has 1 aromatic carbocycles. The van der Waals surface area contributed by atoms with Gasteiger partial charge in [0.05, 0.1) is 0 Å². The van der Waals surface area contributed by atoms with Gasteiger partial charge in [0, 0.05) is 36.8 Å². The van der Waals surface area contributed by atoms with Crippen LogP contribution in [0.15, 0.2) is 36.5 Å². The highest BCUT2D eigenvalue weighted by Gasteiger charge is 2.31. The highest BCUT2D eigenvalue weighted by atomic mass is 35.5. The van der Waals surface area contributed by atoms with Crippen molar-refractivity contribution >= 4 is 23.3 Å². The van der Waals surface area contributed by atoms with Crippen LogP contribution in [-0.4, -0.2) is 41.3 Å². The molecule has 2 aromatic rings. The molecule has 1 N–H and O–H groups in total. The van der Waals surface area contributed by atoms with Gasteiger partial charge in [0.15, 0.2) is 11.9 Å². The minimum absolute atomic E-state index is 0.0710. The summed E-state index contributed by atoms with van der Waals surface area (Å²) in [7, 11) is 0. The van der Waals surface area contributed by atoms with E-state index in [4.69, 9.17) is 16.3 Å². The molecule has 4 rings (SSSR count). The van der Waals surface area contributed by atoms with Crippen molar-refractivity contribution in [3.8, 4) is 5.75 Å². The van der Waals surface area contributed by atoms with Crippen molar-refractivity contribution in [1.29, 1.82) is 0 Å². The van der Waals surface area contributed by atoms with Crippen LogP contribution >= 0.6 is 11.6 Å². The lowest BCUT2D eigenvalue weighted by molar-refractivity contribution is -0.128. The Hall–Kier alpha value is -2.34. The second kappa shape index (κ2) is 6.88. The number of anilines is 1. The molecule has 0 saturated carbocycles. The Bertz CT molecular complexity index is 771. The average molecular weight is 359 g/mol. The number of fused-ring (bicyclic) bond motifs is 1. The summed E-state index contributed by atoms with van der Waals surface area (Å²) in [6.45, 7) is 1.66. The number of ether oxygens (including phenoxy) is 1. The van der Waals surface area contributed by atoms with Gasteiger partial charge in [-0.1, -0.05) is 11.6 Å². The standard InChI is InChI=1S/C18H19ClN4O2/c19-13-5-6-15-12(9-13)10-16(25-15)18(24)21-14-3-2-8-23(11-14)17-4-1-7-20-22-17/h1,4-7,9,14,16H,2-3,8,10-11H2,(H,21,24). The second-order valence-electron chi connectivity index (χ2n) is 6.44. The number of carbonyl (C=O) groups excluding carboxylic acids is 1. The fraction of sp³-hybridized carbons (Fsp3) is 0.389. The van der Waals surface area contributed by atoms with Gasteiger partial charge in [-0.2, -0.15) is 5.10 Å². The summed E-state index contributed by atoms with van der Waals surface area (Å²) in [5.41, 5.74) is 0.984. The van der Waals surface area contributed by atoms with E-state index in [2.05, 4.69) is 20.4 Å². The number of piperidine rings is 1. The normalized spacial score (nSPS) is 22.2. The topological polar surface area (TPSA) is 67.4 Å². The number of rotatable bonds is 3. The molecule has 0 radical (unpaired) electrons. The highest BCUT2D eigenvalue weighted by molar-refractivity contribution is 6.30. The summed E-state index contributed by atoms with van der Waals surface area (Å²) >= 11 is 6.01. The maximum absolute atomic E-state index is 12.6. The van der Waals surface area contributed by atoms with Crippen molar-refractivity contribution in [2.75, 3.05) is 18.0 Å². The van der Waals surface area contributed by atoms with Crippen LogP contribution in [0.25, 0.3) is 0 Å². The zero-order valence-corrected chi connectivity index (χ0v) is 14.4. The third-order valence-corrected chi connectivity index (χ3v) is 4.87. The molecule has 1 fully saturated rings. The van der Waals surface area contributed by atoms with Gasteiger partial charge in [-0.05, 0) is 48.7 Å². The van der Waals surface area contributed by atoms with E-state index >= 15 is 0 Å². The third-order valence-electron chi connectivity index (χ3n) is 4.64. The molecule has 2 unspecified atom stereocenters. The summed E-state index contributed by atoms with van der Waals surface area (Å²) in [6.07, 6.45) is 3.69. The molecule has 0 bridgehead atoms. The molecule has 6 nitrogen and oxygen atoms in total. The predicted molar refractivity (Wildman–Crippen MR) is 95.0 cm³/mol. The average Bonchev–Trinajstić information content (AvgIpc) is 3.06. The van der Waals surface area contributed by atoms with Crippen molar-refractivity contribution in [2.45, 2.75) is 31.4 Å². The summed E-state index contributed by atoms with van der Waals surface area (Å²) < 4.78 is 5.77. The van der Waals surface area contributed by atoms with E-state index in [0.717, 1.165) is 43.1 Å². The smallest absolute Gasteiger partial charge is 0.261 e. The van der Waals surface area contributed by atoms with E-state index in [9.17, 15) is 4.79 Å². The van der Waals surface area contributed by atoms with E-state index < -0.39 is 6.10 Å². The van der Waals surface area contributed by atoms with Crippen LogP contribution in [0.5, 0.6) is 5.75 Å². The van der Waals surface area contributed by atoms with Gasteiger partial charge >= 0.3 is 0 Å². The van der Waals surface area contributed by atoms with E-state index in [1.807, 2.05) is 24.3 Å². The number of carbonyl (C=O) groups is 1. The Morgan fingerprint density at radius 2 is 2.28 bits per heavy atom. The first-order valence-corrected chi connectivity index (χ1v) is 8.85. The molecule has 2 aliphatic heterocycles. The van der Waals surface area contributed by atoms with E-state index in [1.54, 1.807) is 12.3 Å². The van der Waals surface area contributed by atoms with Crippen molar-refractivity contribution in [2.24, 2.45) is 0 Å². The molecule has 130 valence electrons. The van der Waals surface area contributed by atoms with Gasteiger partial charge in [-0.15, -0.1) is 5.10 Å². The Morgan fingerprint density at radius 1 is 1.36 bits per heavy atom. The molecule has 2 atom stereocenters. The van der Waals surface area contributed by atoms with E-state index in [1.165, 1.54) is 0 Å². The number of nitrogens with zero attached hydrogens (tertiary/aromatic N) is 3. The number of amides is 1. The van der Waals surface area contributed by atoms with Crippen LogP contribution < -0.4 is 15.0 Å². The molecule has 0 spiro atoms. The van der Waals surface area contributed by atoms with Gasteiger partial charge in [-0.25, -0.2) is 0 Å². The molecular formula is C18H19ClN4O2. The highest BCUT2D eigenvalue weighted by Crippen LogP contribution is 2.31. The Balaban J connectivity index is 1.37. The number of halogens is 1. The molecule has 2 aliphatic rings. The second-order valence-corrected chi connectivity index (χ2v) is 6.87. The number of aromatic nitrogens is 2. The molecule has 0 aliphatic carbocycles. The molecule has 3 heterocycles. The van der Waals surface area contributed by atoms with Crippen molar-refractivity contribution < 1.29 is 9.53 Å². The van der Waals surface area contributed by atoms with Gasteiger partial charge < -0.3 is 15.0 Å². The number of hydrogen-bond donors (Lipinski definition) is 1. The Morgan fingerprint density at radius 3 is 3.12 bits per heavy atom. The van der Waals surface area contributed by atoms with Crippen LogP contribution in [0, 0.1) is 0 Å². The lowest BCUT2D eigenvalue weighted by Crippen LogP contribution is -2.51. The van der Waals surface area contributed by atoms with E-state index in [-0.39, 0.29) is 11.9 Å². The molecule has 7 heteroatoms. The fourth-order valence-electron chi connectivity index (χ4n) is 3.42. The van der Waals surface area contributed by atoms with Crippen molar-refractivity contribution in [1.82, 2.24) is 15.5 Å². The SMILES string of the molecule is O=C(NC1CCCN(c2cccnn2)C1)C1Cc2cc(Cl)ccc2O1. The van der Waals surface area contributed by atoms with Crippen LogP contribution in [-0.2, 0) is 11.2 Å². The fourth-order valence-corrected chi connectivity index (χ4v) is 3.62. The number of hydrogen-bond acceptors (Lipinski definition) is 5. The van der Waals surface area contributed by atoms with Gasteiger partial charge in [0.1, 0.15) is 5.75 Å². The van der Waals surface area contributed by atoms with Crippen LogP contribution in [0.2, 0.25) is 5.02 Å². The predicted octanol–water partition coefficient (Wildman–Crippen LogP) is 2.22. The Labute approximate surface area is 151 Å². The lowest BCUT2D eigenvalue weighted by atomic mass is 10.0. The molecule has 1 amide bonds. The van der Waals surface area contributed by atoms with Gasteiger partial charge in [-0.3, -0.25) is 4.79 Å². The van der Waals surface area contributed by atoms with E-state index in [0.29, 0.717) is 11.4 Å². The minimum Gasteiger partial charge on any atom is -0.480 e. The van der Waals surface area contributed by atoms with Crippen molar-refractivity contribution in [3.63, 3.8) is 0 Å². The van der Waals surface area contributed by atoms with Crippen LogP contribution in [0.4, 0.5) is 5.82 Å². The zero-order valence-electron chi connectivity index (χ0n) is 13.7. The summed E-state index contributed by atoms with van der Waals surface area (Å²) in [4.78, 5) is 14.8. The third kappa shape index (κ3) is 3.54. The molecule has 1 saturated heterocycles. The van der Waals surface area contributed by atoms with Crippen molar-refractivity contribution in [3.05, 3.63) is 47.1 Å². The maximum Gasteiger partial charge on any atom is 0.261 e. The lowest BCUT2D eigenvalue weighted by Gasteiger charge is -2.34. The van der Waals surface area contributed by atoms with Gasteiger partial charge in [0.25, 0.3) is 5.91 Å². The molecule has 25 heavy (non-hydrogen) atoms. The minimum atomic E-state index is -0.486. The first-order chi connectivity index (χ1) is 12.2. The largest absolute Gasteiger partial charge is 0.480 e. The first kappa shape index (κ1) is 16.1. The van der Waals surface area contributed by atoms with Crippen LogP contribution in [0.1, 0.15) is 18.4 Å². The van der Waals surface area contributed by atoms with Gasteiger partial charge in [0.2, 0.25) is 0 Å². The summed E-state index contributed by atoms with van der Waals surface area (Å²) in [6, 6.07) is 9.36. The quantitative estimate of drug-likeness (QED) is 0.911. The molecular weight excluding hydrogens is 340 g/mol. The Kier molecular flexibility index (Phi) is 4.44. The maximum atomic E-state index is 12.6. The molecule has 1 aromatic heterocycles. The zero-order chi connectivity index (χ0) is 17.2. The van der Waals surface area contributed by atoms with Crippen LogP contribution in [0.3, 0.4) is 0 Å². The monoisotopic (exact) mass is 358 g/mol. The number of nitrogens with one attached hydrogen (secondary N) is 1. The number of benzene rings is 1. The summed E-state index contributed by atoms with van der Waals surface area (Å²) in [5.74, 6) is 1.52. The first-order valence-electron chi connectivity index (χ1n) is 8.47.